The topological polar surface area (TPSA) is 41.5 Å². The summed E-state index contributed by atoms with van der Waals surface area (Å²) in [5.74, 6) is -0.443. The molecule has 0 atom stereocenters. The molecule has 3 heteroatoms. The van der Waals surface area contributed by atoms with E-state index in [9.17, 15) is 4.79 Å². The molecule has 0 aliphatic carbocycles. The lowest BCUT2D eigenvalue weighted by Gasteiger charge is -2.16. The lowest BCUT2D eigenvalue weighted by Crippen LogP contribution is -2.27. The van der Waals surface area contributed by atoms with E-state index in [0.29, 0.717) is 0 Å². The van der Waals surface area contributed by atoms with Gasteiger partial charge in [0, 0.05) is 5.71 Å². The zero-order valence-corrected chi connectivity index (χ0v) is 14.5. The smallest absolute Gasteiger partial charge is 0.252 e. The summed E-state index contributed by atoms with van der Waals surface area (Å²) in [7, 11) is 0. The van der Waals surface area contributed by atoms with Crippen molar-refractivity contribution in [3.63, 3.8) is 0 Å². The number of carbonyl (C=O) groups excluding carboxylic acids is 1. The largest absolute Gasteiger partial charge is 0.272 e. The molecule has 0 aromatic heterocycles. The maximum Gasteiger partial charge on any atom is 0.252 e. The molecule has 0 bridgehead atoms. The molecule has 3 nitrogen and oxygen atoms in total. The quantitative estimate of drug-likeness (QED) is 0.419. The summed E-state index contributed by atoms with van der Waals surface area (Å²) in [5.41, 5.74) is 5.67. The highest BCUT2D eigenvalue weighted by Crippen LogP contribution is 2.24. The summed E-state index contributed by atoms with van der Waals surface area (Å²) < 4.78 is 0. The first-order valence-corrected chi connectivity index (χ1v) is 8.65. The Kier molecular flexibility index (Phi) is 7.21. The van der Waals surface area contributed by atoms with Crippen LogP contribution in [0.25, 0.3) is 0 Å². The van der Waals surface area contributed by atoms with Crippen molar-refractivity contribution in [3.8, 4) is 0 Å². The molecule has 0 heterocycles. The molecular formula is C21H26N2O. The van der Waals surface area contributed by atoms with Crippen LogP contribution >= 0.6 is 0 Å². The van der Waals surface area contributed by atoms with Gasteiger partial charge in [0.05, 0.1) is 5.92 Å². The summed E-state index contributed by atoms with van der Waals surface area (Å²) in [4.78, 5) is 12.8. The third-order valence-corrected chi connectivity index (χ3v) is 4.03. The van der Waals surface area contributed by atoms with Crippen LogP contribution in [-0.2, 0) is 4.79 Å². The summed E-state index contributed by atoms with van der Waals surface area (Å²) in [6.45, 7) is 4.15. The van der Waals surface area contributed by atoms with Gasteiger partial charge in [-0.2, -0.15) is 5.10 Å². The van der Waals surface area contributed by atoms with Crippen molar-refractivity contribution in [1.29, 1.82) is 0 Å². The summed E-state index contributed by atoms with van der Waals surface area (Å²) >= 11 is 0. The summed E-state index contributed by atoms with van der Waals surface area (Å²) in [6, 6.07) is 19.7. The van der Waals surface area contributed by atoms with Gasteiger partial charge in [-0.05, 0) is 30.9 Å². The first kappa shape index (κ1) is 17.9. The number of hydrazone groups is 1. The number of hydrogen-bond acceptors (Lipinski definition) is 2. The first-order valence-electron chi connectivity index (χ1n) is 8.65. The molecule has 0 aliphatic heterocycles. The Bertz CT molecular complexity index is 611. The van der Waals surface area contributed by atoms with Crippen LogP contribution in [0.1, 0.15) is 56.6 Å². The van der Waals surface area contributed by atoms with E-state index in [2.05, 4.69) is 17.5 Å². The zero-order valence-electron chi connectivity index (χ0n) is 14.5. The van der Waals surface area contributed by atoms with Crippen molar-refractivity contribution in [3.05, 3.63) is 71.8 Å². The second-order valence-electron chi connectivity index (χ2n) is 6.03. The highest BCUT2D eigenvalue weighted by Gasteiger charge is 2.22. The highest BCUT2D eigenvalue weighted by atomic mass is 16.2. The van der Waals surface area contributed by atoms with Crippen molar-refractivity contribution in [1.82, 2.24) is 5.43 Å². The molecule has 0 aliphatic rings. The van der Waals surface area contributed by atoms with Crippen LogP contribution in [0.15, 0.2) is 65.8 Å². The van der Waals surface area contributed by atoms with Gasteiger partial charge in [-0.3, -0.25) is 4.79 Å². The second-order valence-corrected chi connectivity index (χ2v) is 6.03. The minimum absolute atomic E-state index is 0.0951. The fourth-order valence-electron chi connectivity index (χ4n) is 2.69. The molecule has 0 saturated heterocycles. The van der Waals surface area contributed by atoms with Gasteiger partial charge in [0.2, 0.25) is 0 Å². The summed E-state index contributed by atoms with van der Waals surface area (Å²) in [5, 5.41) is 4.28. The fourth-order valence-corrected chi connectivity index (χ4v) is 2.69. The summed E-state index contributed by atoms with van der Waals surface area (Å²) in [6.07, 6.45) is 4.42. The minimum Gasteiger partial charge on any atom is -0.272 e. The van der Waals surface area contributed by atoms with Crippen molar-refractivity contribution in [2.24, 2.45) is 5.10 Å². The van der Waals surface area contributed by atoms with Crippen LogP contribution in [-0.4, -0.2) is 11.6 Å². The van der Waals surface area contributed by atoms with E-state index in [1.807, 2.05) is 67.6 Å². The van der Waals surface area contributed by atoms with Crippen LogP contribution in [0, 0.1) is 0 Å². The van der Waals surface area contributed by atoms with Gasteiger partial charge in [0.25, 0.3) is 5.91 Å². The Morgan fingerprint density at radius 3 is 2.00 bits per heavy atom. The maximum absolute atomic E-state index is 12.8. The van der Waals surface area contributed by atoms with E-state index in [0.717, 1.165) is 29.7 Å². The van der Waals surface area contributed by atoms with Crippen LogP contribution in [0.5, 0.6) is 0 Å². The number of nitrogens with zero attached hydrogens (tertiary/aromatic N) is 1. The van der Waals surface area contributed by atoms with Crippen molar-refractivity contribution < 1.29 is 4.79 Å². The van der Waals surface area contributed by atoms with Crippen molar-refractivity contribution in [2.45, 2.75) is 45.4 Å². The van der Waals surface area contributed by atoms with Gasteiger partial charge in [-0.25, -0.2) is 5.43 Å². The Labute approximate surface area is 144 Å². The van der Waals surface area contributed by atoms with E-state index in [1.165, 1.54) is 12.8 Å². The normalized spacial score (nSPS) is 11.5. The molecule has 126 valence electrons. The molecule has 2 aromatic carbocycles. The molecule has 0 spiro atoms. The molecule has 0 unspecified atom stereocenters. The maximum atomic E-state index is 12.8. The molecule has 0 radical (unpaired) electrons. The molecule has 0 fully saturated rings. The molecule has 1 N–H and O–H groups in total. The number of rotatable bonds is 8. The number of benzene rings is 2. The van der Waals surface area contributed by atoms with E-state index in [4.69, 9.17) is 0 Å². The molecule has 1 amide bonds. The monoisotopic (exact) mass is 322 g/mol. The zero-order chi connectivity index (χ0) is 17.2. The van der Waals surface area contributed by atoms with Crippen LogP contribution in [0.3, 0.4) is 0 Å². The Morgan fingerprint density at radius 2 is 1.50 bits per heavy atom. The highest BCUT2D eigenvalue weighted by molar-refractivity contribution is 5.89. The van der Waals surface area contributed by atoms with Gasteiger partial charge in [-0.1, -0.05) is 80.4 Å². The predicted octanol–water partition coefficient (Wildman–Crippen LogP) is 4.89. The van der Waals surface area contributed by atoms with Gasteiger partial charge < -0.3 is 0 Å². The third-order valence-electron chi connectivity index (χ3n) is 4.03. The number of unbranched alkanes of at least 4 members (excludes halogenated alkanes) is 2. The molecular weight excluding hydrogens is 296 g/mol. The van der Waals surface area contributed by atoms with Gasteiger partial charge >= 0.3 is 0 Å². The third kappa shape index (κ3) is 5.34. The average molecular weight is 322 g/mol. The van der Waals surface area contributed by atoms with Crippen LogP contribution < -0.4 is 5.43 Å². The average Bonchev–Trinajstić information content (AvgIpc) is 2.62. The molecule has 2 aromatic rings. The minimum atomic E-state index is -0.348. The number of amides is 1. The van der Waals surface area contributed by atoms with Crippen LogP contribution in [0.2, 0.25) is 0 Å². The Balaban J connectivity index is 2.13. The number of hydrogen-bond donors (Lipinski definition) is 1. The SMILES string of the molecule is CCCCC/C(C)=N/NC(=O)C(c1ccccc1)c1ccccc1. The van der Waals surface area contributed by atoms with Gasteiger partial charge in [0.15, 0.2) is 0 Å². The Hall–Kier alpha value is -2.42. The lowest BCUT2D eigenvalue weighted by molar-refractivity contribution is -0.121. The first-order chi connectivity index (χ1) is 11.7. The Morgan fingerprint density at radius 1 is 0.958 bits per heavy atom. The van der Waals surface area contributed by atoms with E-state index in [1.54, 1.807) is 0 Å². The number of carbonyl (C=O) groups is 1. The fraction of sp³-hybridized carbons (Fsp3) is 0.333. The van der Waals surface area contributed by atoms with E-state index >= 15 is 0 Å². The van der Waals surface area contributed by atoms with E-state index < -0.39 is 0 Å². The van der Waals surface area contributed by atoms with Gasteiger partial charge in [0.1, 0.15) is 0 Å². The van der Waals surface area contributed by atoms with E-state index in [-0.39, 0.29) is 11.8 Å². The molecule has 0 saturated carbocycles. The molecule has 2 rings (SSSR count). The van der Waals surface area contributed by atoms with Gasteiger partial charge in [-0.15, -0.1) is 0 Å². The van der Waals surface area contributed by atoms with Crippen LogP contribution in [0.4, 0.5) is 0 Å². The lowest BCUT2D eigenvalue weighted by atomic mass is 9.91. The molecule has 24 heavy (non-hydrogen) atoms. The number of nitrogens with one attached hydrogen (secondary N) is 1. The van der Waals surface area contributed by atoms with Crippen molar-refractivity contribution >= 4 is 11.6 Å². The standard InChI is InChI=1S/C21H26N2O/c1-3-4-7-12-17(2)22-23-21(24)20(18-13-8-5-9-14-18)19-15-10-6-11-16-19/h5-6,8-11,13-16,20H,3-4,7,12H2,1-2H3,(H,23,24)/b22-17+. The predicted molar refractivity (Wildman–Crippen MR) is 100 cm³/mol. The second kappa shape index (κ2) is 9.66. The van der Waals surface area contributed by atoms with Crippen molar-refractivity contribution in [2.75, 3.05) is 0 Å².